The largest absolute Gasteiger partial charge is 0.507 e. The van der Waals surface area contributed by atoms with E-state index in [0.717, 1.165) is 6.26 Å². The first kappa shape index (κ1) is 12.0. The molecule has 0 unspecified atom stereocenters. The summed E-state index contributed by atoms with van der Waals surface area (Å²) in [6, 6.07) is 4.36. The molecule has 0 bridgehead atoms. The molecule has 1 rings (SSSR count). The van der Waals surface area contributed by atoms with Crippen molar-refractivity contribution < 1.29 is 13.5 Å². The van der Waals surface area contributed by atoms with E-state index in [2.05, 4.69) is 0 Å². The zero-order valence-corrected chi connectivity index (χ0v) is 9.80. The van der Waals surface area contributed by atoms with Gasteiger partial charge in [-0.05, 0) is 31.5 Å². The van der Waals surface area contributed by atoms with Gasteiger partial charge in [0.25, 0.3) is 0 Å². The topological polar surface area (TPSA) is 80.4 Å². The molecule has 0 radical (unpaired) electrons. The van der Waals surface area contributed by atoms with Crippen LogP contribution in [0.3, 0.4) is 0 Å². The maximum Gasteiger partial charge on any atom is 0.179 e. The van der Waals surface area contributed by atoms with Crippen LogP contribution in [-0.4, -0.2) is 19.8 Å². The number of aromatic hydroxyl groups is 1. The Bertz CT molecular complexity index is 472. The minimum Gasteiger partial charge on any atom is -0.507 e. The molecule has 0 aliphatic rings. The lowest BCUT2D eigenvalue weighted by Crippen LogP contribution is -2.28. The minimum atomic E-state index is -3.39. The van der Waals surface area contributed by atoms with Gasteiger partial charge in [0, 0.05) is 11.8 Å². The Kier molecular flexibility index (Phi) is 2.80. The van der Waals surface area contributed by atoms with Crippen molar-refractivity contribution in [1.29, 1.82) is 0 Å². The third-order valence-corrected chi connectivity index (χ3v) is 3.25. The summed E-state index contributed by atoms with van der Waals surface area (Å²) in [5.41, 5.74) is 5.91. The van der Waals surface area contributed by atoms with E-state index in [4.69, 9.17) is 5.73 Å². The lowest BCUT2D eigenvalue weighted by molar-refractivity contribution is 0.453. The van der Waals surface area contributed by atoms with Gasteiger partial charge in [-0.1, -0.05) is 6.07 Å². The van der Waals surface area contributed by atoms with Crippen LogP contribution < -0.4 is 5.73 Å². The molecule has 0 spiro atoms. The fourth-order valence-electron chi connectivity index (χ4n) is 1.23. The Morgan fingerprint density at radius 1 is 1.33 bits per heavy atom. The number of hydrogen-bond donors (Lipinski definition) is 2. The highest BCUT2D eigenvalue weighted by Gasteiger charge is 2.18. The first-order valence-electron chi connectivity index (χ1n) is 4.45. The highest BCUT2D eigenvalue weighted by atomic mass is 32.2. The van der Waals surface area contributed by atoms with Crippen molar-refractivity contribution in [2.75, 3.05) is 6.26 Å². The van der Waals surface area contributed by atoms with Gasteiger partial charge < -0.3 is 10.8 Å². The average Bonchev–Trinajstić information content (AvgIpc) is 1.99. The molecule has 15 heavy (non-hydrogen) atoms. The number of sulfone groups is 1. The summed E-state index contributed by atoms with van der Waals surface area (Å²) in [5, 5.41) is 9.56. The predicted octanol–water partition coefficient (Wildman–Crippen LogP) is 0.990. The Hall–Kier alpha value is -1.07. The molecule has 4 nitrogen and oxygen atoms in total. The highest BCUT2D eigenvalue weighted by Crippen LogP contribution is 2.27. The van der Waals surface area contributed by atoms with E-state index in [1.165, 1.54) is 12.1 Å². The van der Waals surface area contributed by atoms with Crippen LogP contribution in [0.1, 0.15) is 19.4 Å². The van der Waals surface area contributed by atoms with Gasteiger partial charge in [0.15, 0.2) is 9.84 Å². The maximum atomic E-state index is 11.2. The van der Waals surface area contributed by atoms with Gasteiger partial charge in [-0.15, -0.1) is 0 Å². The van der Waals surface area contributed by atoms with Crippen molar-refractivity contribution >= 4 is 9.84 Å². The van der Waals surface area contributed by atoms with Crippen LogP contribution >= 0.6 is 0 Å². The van der Waals surface area contributed by atoms with Crippen molar-refractivity contribution in [3.63, 3.8) is 0 Å². The Labute approximate surface area is 89.7 Å². The third kappa shape index (κ3) is 2.70. The van der Waals surface area contributed by atoms with Gasteiger partial charge in [0.2, 0.25) is 0 Å². The van der Waals surface area contributed by atoms with Crippen molar-refractivity contribution in [3.8, 4) is 5.75 Å². The van der Waals surface area contributed by atoms with Crippen LogP contribution in [0.2, 0.25) is 0 Å². The lowest BCUT2D eigenvalue weighted by Gasteiger charge is -2.19. The van der Waals surface area contributed by atoms with E-state index in [1.807, 2.05) is 0 Å². The number of phenols is 1. The van der Waals surface area contributed by atoms with Crippen LogP contribution in [0.15, 0.2) is 23.1 Å². The summed E-state index contributed by atoms with van der Waals surface area (Å²) in [6.07, 6.45) is 1.05. The van der Waals surface area contributed by atoms with Gasteiger partial charge in [0.1, 0.15) is 10.6 Å². The fraction of sp³-hybridized carbons (Fsp3) is 0.400. The standard InChI is InChI=1S/C10H15NO3S/c1-10(2,11)7-4-5-9(8(12)6-7)15(3,13)14/h4-6,12H,11H2,1-3H3. The highest BCUT2D eigenvalue weighted by molar-refractivity contribution is 7.90. The lowest BCUT2D eigenvalue weighted by atomic mass is 9.96. The van der Waals surface area contributed by atoms with Crippen molar-refractivity contribution in [1.82, 2.24) is 0 Å². The molecule has 0 saturated carbocycles. The molecule has 0 aliphatic heterocycles. The number of phenolic OH excluding ortho intramolecular Hbond substituents is 1. The summed E-state index contributed by atoms with van der Waals surface area (Å²) >= 11 is 0. The van der Waals surface area contributed by atoms with Crippen LogP contribution in [0.25, 0.3) is 0 Å². The van der Waals surface area contributed by atoms with Crippen molar-refractivity contribution in [3.05, 3.63) is 23.8 Å². The van der Waals surface area contributed by atoms with Crippen LogP contribution in [0.4, 0.5) is 0 Å². The number of benzene rings is 1. The van der Waals surface area contributed by atoms with E-state index < -0.39 is 15.4 Å². The molecule has 0 aromatic heterocycles. The minimum absolute atomic E-state index is 0.0736. The van der Waals surface area contributed by atoms with Crippen molar-refractivity contribution in [2.24, 2.45) is 5.73 Å². The van der Waals surface area contributed by atoms with E-state index in [0.29, 0.717) is 5.56 Å². The molecular formula is C10H15NO3S. The summed E-state index contributed by atoms with van der Waals surface area (Å²) in [4.78, 5) is -0.0736. The molecule has 0 atom stereocenters. The number of hydrogen-bond acceptors (Lipinski definition) is 4. The molecule has 84 valence electrons. The van der Waals surface area contributed by atoms with E-state index in [9.17, 15) is 13.5 Å². The molecule has 1 aromatic carbocycles. The Balaban J connectivity index is 3.34. The molecule has 0 saturated heterocycles. The molecule has 0 amide bonds. The molecule has 5 heteroatoms. The van der Waals surface area contributed by atoms with Gasteiger partial charge in [-0.2, -0.15) is 0 Å². The first-order chi connectivity index (χ1) is 6.62. The Morgan fingerprint density at radius 2 is 1.87 bits per heavy atom. The zero-order valence-electron chi connectivity index (χ0n) is 8.98. The quantitative estimate of drug-likeness (QED) is 0.792. The smallest absolute Gasteiger partial charge is 0.179 e. The molecule has 0 aliphatic carbocycles. The van der Waals surface area contributed by atoms with Gasteiger partial charge >= 0.3 is 0 Å². The molecule has 1 aromatic rings. The SMILES string of the molecule is CC(C)(N)c1ccc(S(C)(=O)=O)c(O)c1. The summed E-state index contributed by atoms with van der Waals surface area (Å²) in [7, 11) is -3.39. The van der Waals surface area contributed by atoms with E-state index >= 15 is 0 Å². The molecule has 3 N–H and O–H groups in total. The monoisotopic (exact) mass is 229 g/mol. The average molecular weight is 229 g/mol. The maximum absolute atomic E-state index is 11.2. The molecular weight excluding hydrogens is 214 g/mol. The summed E-state index contributed by atoms with van der Waals surface area (Å²) < 4.78 is 22.4. The fourth-order valence-corrected chi connectivity index (χ4v) is 1.99. The Morgan fingerprint density at radius 3 is 2.20 bits per heavy atom. The van der Waals surface area contributed by atoms with E-state index in [-0.39, 0.29) is 10.6 Å². The zero-order chi connectivity index (χ0) is 11.9. The van der Waals surface area contributed by atoms with Gasteiger partial charge in [-0.3, -0.25) is 0 Å². The van der Waals surface area contributed by atoms with Crippen LogP contribution in [-0.2, 0) is 15.4 Å². The predicted molar refractivity (Wildman–Crippen MR) is 58.4 cm³/mol. The van der Waals surface area contributed by atoms with Crippen LogP contribution in [0, 0.1) is 0 Å². The molecule has 0 heterocycles. The van der Waals surface area contributed by atoms with E-state index in [1.54, 1.807) is 19.9 Å². The second-order valence-corrected chi connectivity index (χ2v) is 6.16. The second kappa shape index (κ2) is 3.50. The first-order valence-corrected chi connectivity index (χ1v) is 6.34. The molecule has 0 fully saturated rings. The number of nitrogens with two attached hydrogens (primary N) is 1. The number of rotatable bonds is 2. The second-order valence-electron chi connectivity index (χ2n) is 4.18. The van der Waals surface area contributed by atoms with Gasteiger partial charge in [0.05, 0.1) is 0 Å². The van der Waals surface area contributed by atoms with Crippen molar-refractivity contribution in [2.45, 2.75) is 24.3 Å². The summed E-state index contributed by atoms with van der Waals surface area (Å²) in [6.45, 7) is 3.56. The normalized spacial score (nSPS) is 12.8. The van der Waals surface area contributed by atoms with Gasteiger partial charge in [-0.25, -0.2) is 8.42 Å². The van der Waals surface area contributed by atoms with Crippen LogP contribution in [0.5, 0.6) is 5.75 Å². The summed E-state index contributed by atoms with van der Waals surface area (Å²) in [5.74, 6) is -0.256. The third-order valence-electron chi connectivity index (χ3n) is 2.10.